The number of fused-ring (bicyclic) bond motifs is 1. The Morgan fingerprint density at radius 1 is 1.33 bits per heavy atom. The molecule has 0 aliphatic carbocycles. The van der Waals surface area contributed by atoms with E-state index in [1.165, 1.54) is 11.8 Å². The number of para-hydroxylation sites is 1. The number of ketones is 1. The zero-order valence-corrected chi connectivity index (χ0v) is 16.5. The monoisotopic (exact) mass is 429 g/mol. The van der Waals surface area contributed by atoms with Gasteiger partial charge in [0.1, 0.15) is 18.1 Å². The first kappa shape index (κ1) is 19.3. The zero-order valence-electron chi connectivity index (χ0n) is 14.9. The molecule has 1 aliphatic heterocycles. The fraction of sp³-hybridized carbons (Fsp3) is 0.238. The van der Waals surface area contributed by atoms with E-state index in [1.807, 2.05) is 24.3 Å². The minimum Gasteiger partial charge on any atom is -0.489 e. The first-order valence-corrected chi connectivity index (χ1v) is 9.31. The maximum atomic E-state index is 13.1. The number of Topliss-reactive ketones (excluding diaryl/α,β-unsaturated/α-hetero) is 1. The van der Waals surface area contributed by atoms with Crippen LogP contribution in [0, 0.1) is 0 Å². The standard InChI is InChI=1S/C21H20BrNO4/c1-3-10-27-19-7-5-4-6-15(19)13-23-18-9-8-16(22)11-17(18)21(26,20(23)25)12-14(2)24/h3-9,11,26H,1,10,12-13H2,2H3/t21-/m0/s1. The number of benzene rings is 2. The highest BCUT2D eigenvalue weighted by Crippen LogP contribution is 2.44. The number of hydrogen-bond donors (Lipinski definition) is 1. The molecule has 0 bridgehead atoms. The highest BCUT2D eigenvalue weighted by Gasteiger charge is 2.50. The lowest BCUT2D eigenvalue weighted by molar-refractivity contribution is -0.141. The van der Waals surface area contributed by atoms with Crippen molar-refractivity contribution in [3.63, 3.8) is 0 Å². The SMILES string of the molecule is C=CCOc1ccccc1CN1C(=O)[C@](O)(CC(C)=O)c2cc(Br)ccc21. The number of amides is 1. The molecule has 1 heterocycles. The van der Waals surface area contributed by atoms with Gasteiger partial charge in [-0.05, 0) is 31.2 Å². The van der Waals surface area contributed by atoms with Gasteiger partial charge in [0.05, 0.1) is 12.2 Å². The Morgan fingerprint density at radius 3 is 2.78 bits per heavy atom. The smallest absolute Gasteiger partial charge is 0.264 e. The molecule has 0 aromatic heterocycles. The van der Waals surface area contributed by atoms with Gasteiger partial charge < -0.3 is 14.7 Å². The van der Waals surface area contributed by atoms with Crippen molar-refractivity contribution in [2.24, 2.45) is 0 Å². The van der Waals surface area contributed by atoms with Crippen LogP contribution >= 0.6 is 15.9 Å². The minimum absolute atomic E-state index is 0.223. The lowest BCUT2D eigenvalue weighted by Gasteiger charge is -2.23. The molecule has 0 saturated carbocycles. The number of carbonyl (C=O) groups excluding carboxylic acids is 2. The number of aliphatic hydroxyl groups is 1. The number of rotatable bonds is 7. The van der Waals surface area contributed by atoms with E-state index in [2.05, 4.69) is 22.5 Å². The predicted octanol–water partition coefficient (Wildman–Crippen LogP) is 3.73. The Balaban J connectivity index is 2.02. The van der Waals surface area contributed by atoms with Gasteiger partial charge in [0.15, 0.2) is 5.60 Å². The third-order valence-electron chi connectivity index (χ3n) is 4.46. The Bertz CT molecular complexity index is 911. The number of carbonyl (C=O) groups is 2. The van der Waals surface area contributed by atoms with Gasteiger partial charge >= 0.3 is 0 Å². The summed E-state index contributed by atoms with van der Waals surface area (Å²) in [5.74, 6) is -0.122. The second-order valence-electron chi connectivity index (χ2n) is 6.50. The van der Waals surface area contributed by atoms with Crippen LogP contribution in [0.2, 0.25) is 0 Å². The molecular formula is C21H20BrNO4. The van der Waals surface area contributed by atoms with E-state index in [4.69, 9.17) is 4.74 Å². The maximum absolute atomic E-state index is 13.1. The van der Waals surface area contributed by atoms with Crippen LogP contribution in [0.5, 0.6) is 5.75 Å². The van der Waals surface area contributed by atoms with Crippen molar-refractivity contribution in [3.8, 4) is 5.75 Å². The summed E-state index contributed by atoms with van der Waals surface area (Å²) in [6.45, 7) is 5.58. The predicted molar refractivity (Wildman–Crippen MR) is 107 cm³/mol. The second-order valence-corrected chi connectivity index (χ2v) is 7.41. The van der Waals surface area contributed by atoms with Gasteiger partial charge in [-0.1, -0.05) is 46.8 Å². The summed E-state index contributed by atoms with van der Waals surface area (Å²) < 4.78 is 6.40. The summed E-state index contributed by atoms with van der Waals surface area (Å²) in [5.41, 5.74) is -0.0392. The molecule has 2 aromatic rings. The molecule has 5 nitrogen and oxygen atoms in total. The van der Waals surface area contributed by atoms with Gasteiger partial charge in [-0.2, -0.15) is 0 Å². The Morgan fingerprint density at radius 2 is 2.07 bits per heavy atom. The summed E-state index contributed by atoms with van der Waals surface area (Å²) in [6.07, 6.45) is 1.39. The van der Waals surface area contributed by atoms with E-state index >= 15 is 0 Å². The molecule has 6 heteroatoms. The third kappa shape index (κ3) is 3.68. The van der Waals surface area contributed by atoms with Crippen molar-refractivity contribution in [3.05, 3.63) is 70.7 Å². The van der Waals surface area contributed by atoms with Crippen LogP contribution in [-0.2, 0) is 21.7 Å². The Labute approximate surface area is 166 Å². The van der Waals surface area contributed by atoms with Gasteiger partial charge in [-0.3, -0.25) is 9.59 Å². The van der Waals surface area contributed by atoms with E-state index in [-0.39, 0.29) is 18.7 Å². The van der Waals surface area contributed by atoms with E-state index in [0.717, 1.165) is 10.0 Å². The molecular weight excluding hydrogens is 410 g/mol. The average molecular weight is 430 g/mol. The quantitative estimate of drug-likeness (QED) is 0.680. The van der Waals surface area contributed by atoms with Crippen LogP contribution in [0.3, 0.4) is 0 Å². The third-order valence-corrected chi connectivity index (χ3v) is 4.95. The highest BCUT2D eigenvalue weighted by molar-refractivity contribution is 9.10. The van der Waals surface area contributed by atoms with Crippen LogP contribution in [0.25, 0.3) is 0 Å². The fourth-order valence-corrected chi connectivity index (χ4v) is 3.67. The molecule has 0 unspecified atom stereocenters. The summed E-state index contributed by atoms with van der Waals surface area (Å²) in [7, 11) is 0. The largest absolute Gasteiger partial charge is 0.489 e. The summed E-state index contributed by atoms with van der Waals surface area (Å²) in [6, 6.07) is 12.7. The molecule has 0 fully saturated rings. The molecule has 1 amide bonds. The molecule has 0 saturated heterocycles. The number of ether oxygens (including phenoxy) is 1. The Hall–Kier alpha value is -2.44. The van der Waals surface area contributed by atoms with Gasteiger partial charge in [0.2, 0.25) is 0 Å². The van der Waals surface area contributed by atoms with Gasteiger partial charge in [0.25, 0.3) is 5.91 Å². The highest BCUT2D eigenvalue weighted by atomic mass is 79.9. The summed E-state index contributed by atoms with van der Waals surface area (Å²) >= 11 is 3.37. The number of nitrogens with zero attached hydrogens (tertiary/aromatic N) is 1. The van der Waals surface area contributed by atoms with Gasteiger partial charge in [-0.15, -0.1) is 0 Å². The molecule has 1 atom stereocenters. The number of hydrogen-bond acceptors (Lipinski definition) is 4. The van der Waals surface area contributed by atoms with Gasteiger partial charge in [-0.25, -0.2) is 0 Å². The first-order chi connectivity index (χ1) is 12.9. The number of anilines is 1. The van der Waals surface area contributed by atoms with E-state index < -0.39 is 11.5 Å². The molecule has 0 radical (unpaired) electrons. The van der Waals surface area contributed by atoms with Crippen molar-refractivity contribution in [1.29, 1.82) is 0 Å². The lowest BCUT2D eigenvalue weighted by atomic mass is 9.90. The molecule has 0 spiro atoms. The first-order valence-electron chi connectivity index (χ1n) is 8.52. The normalized spacial score (nSPS) is 18.3. The van der Waals surface area contributed by atoms with Crippen molar-refractivity contribution in [1.82, 2.24) is 0 Å². The van der Waals surface area contributed by atoms with Crippen LogP contribution < -0.4 is 9.64 Å². The van der Waals surface area contributed by atoms with E-state index in [9.17, 15) is 14.7 Å². The maximum Gasteiger partial charge on any atom is 0.264 e. The summed E-state index contributed by atoms with van der Waals surface area (Å²) in [4.78, 5) is 26.3. The van der Waals surface area contributed by atoms with Crippen molar-refractivity contribution >= 4 is 33.3 Å². The summed E-state index contributed by atoms with van der Waals surface area (Å²) in [5, 5.41) is 11.1. The van der Waals surface area contributed by atoms with Crippen molar-refractivity contribution in [2.75, 3.05) is 11.5 Å². The number of halogens is 1. The molecule has 3 rings (SSSR count). The van der Waals surface area contributed by atoms with Gasteiger partial charge in [0, 0.05) is 22.0 Å². The lowest BCUT2D eigenvalue weighted by Crippen LogP contribution is -2.41. The molecule has 27 heavy (non-hydrogen) atoms. The Kier molecular flexibility index (Phi) is 5.48. The minimum atomic E-state index is -1.86. The van der Waals surface area contributed by atoms with Crippen LogP contribution in [0.15, 0.2) is 59.6 Å². The molecule has 1 N–H and O–H groups in total. The van der Waals surface area contributed by atoms with Crippen molar-refractivity contribution < 1.29 is 19.4 Å². The molecule has 2 aromatic carbocycles. The second kappa shape index (κ2) is 7.66. The van der Waals surface area contributed by atoms with E-state index in [1.54, 1.807) is 24.3 Å². The average Bonchev–Trinajstić information content (AvgIpc) is 2.82. The fourth-order valence-electron chi connectivity index (χ4n) is 3.31. The van der Waals surface area contributed by atoms with Crippen LogP contribution in [0.1, 0.15) is 24.5 Å². The zero-order chi connectivity index (χ0) is 19.6. The van der Waals surface area contributed by atoms with E-state index in [0.29, 0.717) is 23.6 Å². The molecule has 140 valence electrons. The topological polar surface area (TPSA) is 66.8 Å². The molecule has 1 aliphatic rings. The van der Waals surface area contributed by atoms with Crippen molar-refractivity contribution in [2.45, 2.75) is 25.5 Å². The van der Waals surface area contributed by atoms with Crippen LogP contribution in [0.4, 0.5) is 5.69 Å². The van der Waals surface area contributed by atoms with Crippen LogP contribution in [-0.4, -0.2) is 23.4 Å².